The zero-order valence-corrected chi connectivity index (χ0v) is 14.2. The number of nitrogens with one attached hydrogen (secondary N) is 1. The number of hydrogen-bond acceptors (Lipinski definition) is 4. The molecule has 1 aromatic heterocycles. The highest BCUT2D eigenvalue weighted by Gasteiger charge is 2.14. The molecule has 0 fully saturated rings. The van der Waals surface area contributed by atoms with E-state index in [1.807, 2.05) is 60.0 Å². The smallest absolute Gasteiger partial charge is 0.244 e. The van der Waals surface area contributed by atoms with Crippen molar-refractivity contribution in [3.05, 3.63) is 60.4 Å². The second-order valence-electron chi connectivity index (χ2n) is 5.80. The first-order chi connectivity index (χ1) is 12.2. The van der Waals surface area contributed by atoms with Crippen molar-refractivity contribution >= 4 is 23.2 Å². The minimum Gasteiger partial charge on any atom is -0.497 e. The summed E-state index contributed by atoms with van der Waals surface area (Å²) in [5, 5.41) is 4.02. The topological polar surface area (TPSA) is 68.5 Å². The standard InChI is InChI=1S/C19H20N4O2/c1-14(12-23-13-20-17-8-3-4-9-18(17)23)19(24)22-21-11-15-6-5-7-16(10-15)25-2/h3-11,13-14H,12H2,1-2H3,(H,22,24)/b21-11+. The molecule has 128 valence electrons. The van der Waals surface area contributed by atoms with Gasteiger partial charge in [0.2, 0.25) is 5.91 Å². The van der Waals surface area contributed by atoms with E-state index in [0.717, 1.165) is 22.3 Å². The van der Waals surface area contributed by atoms with E-state index in [9.17, 15) is 4.79 Å². The van der Waals surface area contributed by atoms with Crippen molar-refractivity contribution in [2.75, 3.05) is 7.11 Å². The summed E-state index contributed by atoms with van der Waals surface area (Å²) in [4.78, 5) is 16.6. The number of imidazole rings is 1. The van der Waals surface area contributed by atoms with Crippen molar-refractivity contribution in [3.63, 3.8) is 0 Å². The van der Waals surface area contributed by atoms with Gasteiger partial charge in [-0.2, -0.15) is 5.10 Å². The number of ether oxygens (including phenoxy) is 1. The number of benzene rings is 2. The Hall–Kier alpha value is -3.15. The van der Waals surface area contributed by atoms with Crippen molar-refractivity contribution in [2.24, 2.45) is 11.0 Å². The predicted molar refractivity (Wildman–Crippen MR) is 97.6 cm³/mol. The van der Waals surface area contributed by atoms with E-state index in [-0.39, 0.29) is 11.8 Å². The summed E-state index contributed by atoms with van der Waals surface area (Å²) < 4.78 is 7.13. The lowest BCUT2D eigenvalue weighted by Crippen LogP contribution is -2.27. The van der Waals surface area contributed by atoms with Crippen LogP contribution in [0.4, 0.5) is 0 Å². The minimum atomic E-state index is -0.236. The molecular weight excluding hydrogens is 316 g/mol. The van der Waals surface area contributed by atoms with Crippen LogP contribution in [-0.4, -0.2) is 28.8 Å². The largest absolute Gasteiger partial charge is 0.497 e. The number of amides is 1. The Kier molecular flexibility index (Phi) is 5.09. The summed E-state index contributed by atoms with van der Waals surface area (Å²) in [7, 11) is 1.61. The molecule has 1 heterocycles. The normalized spacial score (nSPS) is 12.4. The number of fused-ring (bicyclic) bond motifs is 1. The van der Waals surface area contributed by atoms with Gasteiger partial charge in [0.05, 0.1) is 36.6 Å². The molecule has 6 nitrogen and oxygen atoms in total. The van der Waals surface area contributed by atoms with Crippen molar-refractivity contribution in [1.29, 1.82) is 0 Å². The number of rotatable bonds is 6. The van der Waals surface area contributed by atoms with Gasteiger partial charge in [0, 0.05) is 6.54 Å². The Morgan fingerprint density at radius 1 is 1.32 bits per heavy atom. The van der Waals surface area contributed by atoms with E-state index >= 15 is 0 Å². The molecular formula is C19H20N4O2. The molecule has 0 aliphatic heterocycles. The maximum Gasteiger partial charge on any atom is 0.244 e. The molecule has 0 aliphatic carbocycles. The number of para-hydroxylation sites is 2. The van der Waals surface area contributed by atoms with Crippen LogP contribution in [0.1, 0.15) is 12.5 Å². The number of hydrogen-bond donors (Lipinski definition) is 1. The third kappa shape index (κ3) is 4.03. The van der Waals surface area contributed by atoms with Crippen LogP contribution in [0.3, 0.4) is 0 Å². The van der Waals surface area contributed by atoms with E-state index in [0.29, 0.717) is 6.54 Å². The predicted octanol–water partition coefficient (Wildman–Crippen LogP) is 2.83. The quantitative estimate of drug-likeness (QED) is 0.556. The maximum atomic E-state index is 12.2. The van der Waals surface area contributed by atoms with Crippen LogP contribution in [0.25, 0.3) is 11.0 Å². The van der Waals surface area contributed by atoms with Crippen molar-refractivity contribution < 1.29 is 9.53 Å². The second-order valence-corrected chi connectivity index (χ2v) is 5.80. The van der Waals surface area contributed by atoms with Gasteiger partial charge in [0.25, 0.3) is 0 Å². The highest BCUT2D eigenvalue weighted by Crippen LogP contribution is 2.14. The van der Waals surface area contributed by atoms with E-state index in [1.165, 1.54) is 0 Å². The summed E-state index contributed by atoms with van der Waals surface area (Å²) in [5.41, 5.74) is 5.38. The fourth-order valence-electron chi connectivity index (χ4n) is 2.54. The van der Waals surface area contributed by atoms with Crippen LogP contribution in [0, 0.1) is 5.92 Å². The number of aromatic nitrogens is 2. The molecule has 0 bridgehead atoms. The van der Waals surface area contributed by atoms with Crippen LogP contribution in [-0.2, 0) is 11.3 Å². The highest BCUT2D eigenvalue weighted by atomic mass is 16.5. The van der Waals surface area contributed by atoms with Gasteiger partial charge in [-0.1, -0.05) is 31.2 Å². The Morgan fingerprint density at radius 2 is 2.16 bits per heavy atom. The summed E-state index contributed by atoms with van der Waals surface area (Å²) in [6.45, 7) is 2.41. The number of carbonyl (C=O) groups is 1. The SMILES string of the molecule is COc1cccc(/C=N/NC(=O)C(C)Cn2cnc3ccccc32)c1. The molecule has 1 unspecified atom stereocenters. The molecule has 0 saturated carbocycles. The first kappa shape index (κ1) is 16.7. The van der Waals surface area contributed by atoms with Gasteiger partial charge in [-0.25, -0.2) is 10.4 Å². The van der Waals surface area contributed by atoms with Gasteiger partial charge in [-0.05, 0) is 29.8 Å². The van der Waals surface area contributed by atoms with Crippen LogP contribution in [0.5, 0.6) is 5.75 Å². The molecule has 2 aromatic carbocycles. The molecule has 6 heteroatoms. The molecule has 0 saturated heterocycles. The Bertz CT molecular complexity index is 901. The van der Waals surface area contributed by atoms with Gasteiger partial charge in [-0.3, -0.25) is 4.79 Å². The lowest BCUT2D eigenvalue weighted by molar-refractivity contribution is -0.124. The number of hydrazone groups is 1. The van der Waals surface area contributed by atoms with E-state index < -0.39 is 0 Å². The summed E-state index contributed by atoms with van der Waals surface area (Å²) in [5.74, 6) is 0.368. The van der Waals surface area contributed by atoms with Crippen molar-refractivity contribution in [2.45, 2.75) is 13.5 Å². The van der Waals surface area contributed by atoms with Crippen LogP contribution < -0.4 is 10.2 Å². The van der Waals surface area contributed by atoms with Crippen LogP contribution in [0.15, 0.2) is 60.0 Å². The lowest BCUT2D eigenvalue weighted by atomic mass is 10.1. The first-order valence-electron chi connectivity index (χ1n) is 8.04. The van der Waals surface area contributed by atoms with Gasteiger partial charge in [0.15, 0.2) is 0 Å². The Morgan fingerprint density at radius 3 is 3.00 bits per heavy atom. The lowest BCUT2D eigenvalue weighted by Gasteiger charge is -2.11. The molecule has 25 heavy (non-hydrogen) atoms. The number of methoxy groups -OCH3 is 1. The fourth-order valence-corrected chi connectivity index (χ4v) is 2.54. The number of carbonyl (C=O) groups excluding carboxylic acids is 1. The summed E-state index contributed by atoms with van der Waals surface area (Å²) in [6, 6.07) is 15.3. The molecule has 1 amide bonds. The minimum absolute atomic E-state index is 0.142. The average molecular weight is 336 g/mol. The van der Waals surface area contributed by atoms with E-state index in [2.05, 4.69) is 15.5 Å². The number of nitrogens with zero attached hydrogens (tertiary/aromatic N) is 3. The Balaban J connectivity index is 1.60. The van der Waals surface area contributed by atoms with E-state index in [4.69, 9.17) is 4.74 Å². The molecule has 0 spiro atoms. The molecule has 0 aliphatic rings. The average Bonchev–Trinajstić information content (AvgIpc) is 3.05. The molecule has 3 rings (SSSR count). The van der Waals surface area contributed by atoms with Crippen molar-refractivity contribution in [1.82, 2.24) is 15.0 Å². The van der Waals surface area contributed by atoms with Crippen molar-refractivity contribution in [3.8, 4) is 5.75 Å². The molecule has 1 N–H and O–H groups in total. The highest BCUT2D eigenvalue weighted by molar-refractivity contribution is 5.83. The van der Waals surface area contributed by atoms with Gasteiger partial charge in [0.1, 0.15) is 5.75 Å². The summed E-state index contributed by atoms with van der Waals surface area (Å²) in [6.07, 6.45) is 3.35. The monoisotopic (exact) mass is 336 g/mol. The second kappa shape index (κ2) is 7.61. The molecule has 3 aromatic rings. The van der Waals surface area contributed by atoms with E-state index in [1.54, 1.807) is 19.7 Å². The van der Waals surface area contributed by atoms with Gasteiger partial charge in [-0.15, -0.1) is 0 Å². The molecule has 1 atom stereocenters. The maximum absolute atomic E-state index is 12.2. The third-order valence-electron chi connectivity index (χ3n) is 3.93. The zero-order chi connectivity index (χ0) is 17.6. The summed E-state index contributed by atoms with van der Waals surface area (Å²) >= 11 is 0. The Labute approximate surface area is 146 Å². The first-order valence-corrected chi connectivity index (χ1v) is 8.04. The zero-order valence-electron chi connectivity index (χ0n) is 14.2. The molecule has 0 radical (unpaired) electrons. The van der Waals surface area contributed by atoms with Gasteiger partial charge < -0.3 is 9.30 Å². The van der Waals surface area contributed by atoms with Crippen LogP contribution >= 0.6 is 0 Å². The van der Waals surface area contributed by atoms with Crippen LogP contribution in [0.2, 0.25) is 0 Å². The third-order valence-corrected chi connectivity index (χ3v) is 3.93. The van der Waals surface area contributed by atoms with Gasteiger partial charge >= 0.3 is 0 Å². The fraction of sp³-hybridized carbons (Fsp3) is 0.211.